The Labute approximate surface area is 108 Å². The van der Waals surface area contributed by atoms with E-state index in [9.17, 15) is 9.90 Å². The van der Waals surface area contributed by atoms with E-state index in [4.69, 9.17) is 0 Å². The molecule has 0 aliphatic carbocycles. The Morgan fingerprint density at radius 2 is 2.22 bits per heavy atom. The molecular formula is C13H23N3O2. The fourth-order valence-electron chi connectivity index (χ4n) is 1.46. The van der Waals surface area contributed by atoms with Gasteiger partial charge in [0.25, 0.3) is 0 Å². The van der Waals surface area contributed by atoms with Crippen molar-refractivity contribution < 1.29 is 9.90 Å². The number of carbonyl (C=O) groups excluding carboxylic acids is 1. The van der Waals surface area contributed by atoms with Crippen LogP contribution in [0.5, 0.6) is 0 Å². The van der Waals surface area contributed by atoms with Crippen molar-refractivity contribution in [2.75, 3.05) is 6.54 Å². The minimum atomic E-state index is -0.528. The number of aliphatic hydroxyl groups is 1. The lowest BCUT2D eigenvalue weighted by molar-refractivity contribution is -0.121. The molecule has 1 amide bonds. The van der Waals surface area contributed by atoms with Crippen LogP contribution in [0.15, 0.2) is 12.4 Å². The number of nitrogens with one attached hydrogen (secondary N) is 1. The third kappa shape index (κ3) is 4.87. The van der Waals surface area contributed by atoms with Crippen molar-refractivity contribution in [3.63, 3.8) is 0 Å². The van der Waals surface area contributed by atoms with Gasteiger partial charge in [-0.25, -0.2) is 0 Å². The number of aromatic nitrogens is 2. The average molecular weight is 253 g/mol. The molecule has 0 aliphatic heterocycles. The zero-order chi connectivity index (χ0) is 13.8. The third-order valence-electron chi connectivity index (χ3n) is 2.89. The van der Waals surface area contributed by atoms with Crippen LogP contribution >= 0.6 is 0 Å². The highest BCUT2D eigenvalue weighted by molar-refractivity contribution is 5.76. The molecule has 5 heteroatoms. The molecule has 1 heterocycles. The van der Waals surface area contributed by atoms with Crippen molar-refractivity contribution in [2.45, 2.75) is 39.7 Å². The molecular weight excluding hydrogens is 230 g/mol. The Bertz CT molecular complexity index is 393. The highest BCUT2D eigenvalue weighted by Crippen LogP contribution is 2.18. The lowest BCUT2D eigenvalue weighted by Crippen LogP contribution is -2.39. The van der Waals surface area contributed by atoms with Gasteiger partial charge in [0, 0.05) is 26.2 Å². The monoisotopic (exact) mass is 253 g/mol. The lowest BCUT2D eigenvalue weighted by atomic mass is 9.89. The molecule has 5 nitrogen and oxygen atoms in total. The first-order chi connectivity index (χ1) is 8.29. The van der Waals surface area contributed by atoms with Crippen molar-refractivity contribution in [3.8, 4) is 0 Å². The highest BCUT2D eigenvalue weighted by Gasteiger charge is 2.22. The second kappa shape index (κ2) is 6.00. The molecule has 0 saturated carbocycles. The molecule has 1 unspecified atom stereocenters. The summed E-state index contributed by atoms with van der Waals surface area (Å²) in [5.41, 5.74) is 0.834. The van der Waals surface area contributed by atoms with Gasteiger partial charge in [0.05, 0.1) is 12.3 Å². The highest BCUT2D eigenvalue weighted by atomic mass is 16.3. The number of aryl methyl sites for hydroxylation is 2. The molecule has 1 aromatic rings. The second-order valence-corrected chi connectivity index (χ2v) is 5.71. The van der Waals surface area contributed by atoms with Gasteiger partial charge in [0.15, 0.2) is 0 Å². The van der Waals surface area contributed by atoms with Gasteiger partial charge in [-0.1, -0.05) is 20.8 Å². The van der Waals surface area contributed by atoms with Crippen LogP contribution in [0.1, 0.15) is 32.8 Å². The fourth-order valence-corrected chi connectivity index (χ4v) is 1.46. The summed E-state index contributed by atoms with van der Waals surface area (Å²) < 4.78 is 1.72. The van der Waals surface area contributed by atoms with Crippen molar-refractivity contribution in [1.82, 2.24) is 15.1 Å². The number of nitrogens with zero attached hydrogens (tertiary/aromatic N) is 2. The van der Waals surface area contributed by atoms with Gasteiger partial charge in [-0.05, 0) is 17.4 Å². The molecule has 0 bridgehead atoms. The summed E-state index contributed by atoms with van der Waals surface area (Å²) >= 11 is 0. The van der Waals surface area contributed by atoms with Gasteiger partial charge >= 0.3 is 0 Å². The van der Waals surface area contributed by atoms with E-state index in [0.29, 0.717) is 19.4 Å². The van der Waals surface area contributed by atoms with E-state index < -0.39 is 6.10 Å². The van der Waals surface area contributed by atoms with Crippen LogP contribution in [0.3, 0.4) is 0 Å². The molecule has 102 valence electrons. The van der Waals surface area contributed by atoms with E-state index >= 15 is 0 Å². The largest absolute Gasteiger partial charge is 0.391 e. The van der Waals surface area contributed by atoms with Crippen LogP contribution in [-0.4, -0.2) is 33.4 Å². The molecule has 0 aromatic carbocycles. The number of hydrogen-bond donors (Lipinski definition) is 2. The Balaban J connectivity index is 2.26. The number of hydrogen-bond acceptors (Lipinski definition) is 3. The molecule has 0 saturated heterocycles. The van der Waals surface area contributed by atoms with E-state index in [1.165, 1.54) is 0 Å². The van der Waals surface area contributed by atoms with Gasteiger partial charge in [-0.3, -0.25) is 9.48 Å². The first-order valence-corrected chi connectivity index (χ1v) is 6.21. The second-order valence-electron chi connectivity index (χ2n) is 5.71. The van der Waals surface area contributed by atoms with Crippen molar-refractivity contribution in [3.05, 3.63) is 18.0 Å². The van der Waals surface area contributed by atoms with Crippen molar-refractivity contribution in [2.24, 2.45) is 12.5 Å². The lowest BCUT2D eigenvalue weighted by Gasteiger charge is -2.25. The smallest absolute Gasteiger partial charge is 0.220 e. The Kier molecular flexibility index (Phi) is 4.90. The van der Waals surface area contributed by atoms with Crippen LogP contribution in [0.25, 0.3) is 0 Å². The van der Waals surface area contributed by atoms with Crippen molar-refractivity contribution >= 4 is 5.91 Å². The minimum absolute atomic E-state index is 0.0397. The third-order valence-corrected chi connectivity index (χ3v) is 2.89. The number of aliphatic hydroxyl groups excluding tert-OH is 1. The van der Waals surface area contributed by atoms with Crippen LogP contribution < -0.4 is 5.32 Å². The molecule has 0 spiro atoms. The van der Waals surface area contributed by atoms with Gasteiger partial charge in [-0.2, -0.15) is 5.10 Å². The maximum absolute atomic E-state index is 11.6. The van der Waals surface area contributed by atoms with Crippen LogP contribution in [0.2, 0.25) is 0 Å². The summed E-state index contributed by atoms with van der Waals surface area (Å²) in [6.07, 6.45) is 4.22. The zero-order valence-corrected chi connectivity index (χ0v) is 11.6. The van der Waals surface area contributed by atoms with Gasteiger partial charge < -0.3 is 10.4 Å². The molecule has 0 radical (unpaired) electrons. The summed E-state index contributed by atoms with van der Waals surface area (Å²) in [5, 5.41) is 16.6. The van der Waals surface area contributed by atoms with E-state index in [1.54, 1.807) is 10.9 Å². The van der Waals surface area contributed by atoms with E-state index in [2.05, 4.69) is 10.4 Å². The molecule has 18 heavy (non-hydrogen) atoms. The van der Waals surface area contributed by atoms with Gasteiger partial charge in [-0.15, -0.1) is 0 Å². The zero-order valence-electron chi connectivity index (χ0n) is 11.6. The molecule has 2 N–H and O–H groups in total. The molecule has 1 atom stereocenters. The van der Waals surface area contributed by atoms with Gasteiger partial charge in [0.2, 0.25) is 5.91 Å². The maximum atomic E-state index is 11.6. The topological polar surface area (TPSA) is 67.2 Å². The predicted molar refractivity (Wildman–Crippen MR) is 70.0 cm³/mol. The summed E-state index contributed by atoms with van der Waals surface area (Å²) in [4.78, 5) is 11.6. The van der Waals surface area contributed by atoms with E-state index in [-0.39, 0.29) is 11.3 Å². The Morgan fingerprint density at radius 1 is 1.56 bits per heavy atom. The van der Waals surface area contributed by atoms with Crippen LogP contribution in [0, 0.1) is 5.41 Å². The fraction of sp³-hybridized carbons (Fsp3) is 0.692. The summed E-state index contributed by atoms with van der Waals surface area (Å²) in [6, 6.07) is 0. The van der Waals surface area contributed by atoms with Crippen LogP contribution in [-0.2, 0) is 18.3 Å². The van der Waals surface area contributed by atoms with Gasteiger partial charge in [0.1, 0.15) is 0 Å². The first kappa shape index (κ1) is 14.7. The molecule has 1 aromatic heterocycles. The number of rotatable bonds is 5. The quantitative estimate of drug-likeness (QED) is 0.818. The number of amides is 1. The summed E-state index contributed by atoms with van der Waals surface area (Å²) in [7, 11) is 1.85. The maximum Gasteiger partial charge on any atom is 0.220 e. The Morgan fingerprint density at radius 3 is 2.72 bits per heavy atom. The normalized spacial score (nSPS) is 13.4. The standard InChI is InChI=1S/C13H23N3O2/c1-13(2,3)11(17)8-14-12(18)6-5-10-7-15-16(4)9-10/h7,9,11,17H,5-6,8H2,1-4H3,(H,14,18). The predicted octanol–water partition coefficient (Wildman–Crippen LogP) is 0.876. The molecule has 1 rings (SSSR count). The summed E-state index contributed by atoms with van der Waals surface area (Å²) in [6.45, 7) is 6.13. The van der Waals surface area contributed by atoms with Crippen molar-refractivity contribution in [1.29, 1.82) is 0 Å². The Hall–Kier alpha value is -1.36. The van der Waals surface area contributed by atoms with E-state index in [1.807, 2.05) is 34.0 Å². The molecule has 0 fully saturated rings. The minimum Gasteiger partial charge on any atom is -0.391 e. The first-order valence-electron chi connectivity index (χ1n) is 6.21. The van der Waals surface area contributed by atoms with Crippen LogP contribution in [0.4, 0.5) is 0 Å². The van der Waals surface area contributed by atoms with E-state index in [0.717, 1.165) is 5.56 Å². The number of carbonyl (C=O) groups is 1. The molecule has 0 aliphatic rings. The SMILES string of the molecule is Cn1cc(CCC(=O)NCC(O)C(C)(C)C)cn1. The average Bonchev–Trinajstić information content (AvgIpc) is 2.67. The summed E-state index contributed by atoms with van der Waals surface area (Å²) in [5.74, 6) is -0.0397.